The second kappa shape index (κ2) is 8.48. The molecule has 30 heavy (non-hydrogen) atoms. The van der Waals surface area contributed by atoms with Gasteiger partial charge < -0.3 is 30.0 Å². The zero-order valence-corrected chi connectivity index (χ0v) is 17.8. The van der Waals surface area contributed by atoms with Gasteiger partial charge in [0.05, 0.1) is 33.7 Å². The minimum Gasteiger partial charge on any atom is -0.463 e. The summed E-state index contributed by atoms with van der Waals surface area (Å²) in [6, 6.07) is 3.25. The summed E-state index contributed by atoms with van der Waals surface area (Å²) < 4.78 is 10.8. The van der Waals surface area contributed by atoms with Crippen LogP contribution in [-0.4, -0.2) is 64.9 Å². The summed E-state index contributed by atoms with van der Waals surface area (Å²) in [4.78, 5) is 15.1. The standard InChI is InChI=1S/C22H29ClN2O5/c23-17-13-16(20-15(19(17)24)2-10-30-20)18(26)1-3-21(27)4-8-25(9-5-21)14-22(28)6-11-29-12-7-22/h2,10,13,27-28H,1,3-9,11-12,14,24H2. The van der Waals surface area contributed by atoms with Gasteiger partial charge in [-0.15, -0.1) is 0 Å². The summed E-state index contributed by atoms with van der Waals surface area (Å²) in [5.74, 6) is -0.121. The molecule has 2 aliphatic heterocycles. The van der Waals surface area contributed by atoms with Gasteiger partial charge in [0.25, 0.3) is 0 Å². The minimum absolute atomic E-state index is 0.121. The summed E-state index contributed by atoms with van der Waals surface area (Å²) in [5, 5.41) is 22.7. The number of anilines is 1. The summed E-state index contributed by atoms with van der Waals surface area (Å²) in [6.07, 6.45) is 4.51. The number of furan rings is 1. The van der Waals surface area contributed by atoms with Gasteiger partial charge in [0.15, 0.2) is 5.78 Å². The van der Waals surface area contributed by atoms with Gasteiger partial charge >= 0.3 is 0 Å². The predicted octanol–water partition coefficient (Wildman–Crippen LogP) is 3.00. The predicted molar refractivity (Wildman–Crippen MR) is 115 cm³/mol. The maximum Gasteiger partial charge on any atom is 0.166 e. The fraction of sp³-hybridized carbons (Fsp3) is 0.591. The first-order valence-corrected chi connectivity index (χ1v) is 10.9. The van der Waals surface area contributed by atoms with Crippen LogP contribution < -0.4 is 5.73 Å². The van der Waals surface area contributed by atoms with Crippen molar-refractivity contribution in [3.05, 3.63) is 29.0 Å². The summed E-state index contributed by atoms with van der Waals surface area (Å²) in [5.41, 5.74) is 5.61. The van der Waals surface area contributed by atoms with E-state index in [1.54, 1.807) is 12.1 Å². The number of β-amino-alcohol motifs (C(OH)–C–C–N with tert-alkyl or cyclic N) is 1. The van der Waals surface area contributed by atoms with Crippen molar-refractivity contribution < 1.29 is 24.2 Å². The Morgan fingerprint density at radius 1 is 1.17 bits per heavy atom. The largest absolute Gasteiger partial charge is 0.463 e. The maximum atomic E-state index is 12.8. The average molecular weight is 437 g/mol. The number of nitrogen functional groups attached to an aromatic ring is 1. The van der Waals surface area contributed by atoms with Gasteiger partial charge in [-0.3, -0.25) is 4.79 Å². The molecule has 4 rings (SSSR count). The van der Waals surface area contributed by atoms with Crippen LogP contribution in [0.4, 0.5) is 5.69 Å². The van der Waals surface area contributed by atoms with Gasteiger partial charge in [0.1, 0.15) is 5.58 Å². The molecule has 0 spiro atoms. The minimum atomic E-state index is -0.885. The number of hydrogen-bond donors (Lipinski definition) is 3. The molecule has 0 amide bonds. The van der Waals surface area contributed by atoms with Crippen LogP contribution in [0.25, 0.3) is 11.0 Å². The highest BCUT2D eigenvalue weighted by molar-refractivity contribution is 6.35. The second-order valence-electron chi connectivity index (χ2n) is 8.74. The summed E-state index contributed by atoms with van der Waals surface area (Å²) >= 11 is 6.18. The summed E-state index contributed by atoms with van der Waals surface area (Å²) in [6.45, 7) is 3.18. The lowest BCUT2D eigenvalue weighted by molar-refractivity contribution is -0.0951. The normalized spacial score (nSPS) is 21.7. The molecule has 0 radical (unpaired) electrons. The number of nitrogens with zero attached hydrogens (tertiary/aromatic N) is 1. The van der Waals surface area contributed by atoms with Crippen molar-refractivity contribution >= 4 is 34.0 Å². The van der Waals surface area contributed by atoms with Gasteiger partial charge in [-0.25, -0.2) is 0 Å². The molecule has 1 aromatic carbocycles. The number of carbonyl (C=O) groups excluding carboxylic acids is 1. The molecule has 3 heterocycles. The van der Waals surface area contributed by atoms with Crippen molar-refractivity contribution in [2.24, 2.45) is 0 Å². The molecular formula is C22H29ClN2O5. The Bertz CT molecular complexity index is 914. The number of benzene rings is 1. The van der Waals surface area contributed by atoms with Crippen LogP contribution in [0.15, 0.2) is 22.8 Å². The molecule has 0 aliphatic carbocycles. The Morgan fingerprint density at radius 2 is 1.87 bits per heavy atom. The SMILES string of the molecule is Nc1c(Cl)cc(C(=O)CCC2(O)CCN(CC3(O)CCOCC3)CC2)c2occc12. The lowest BCUT2D eigenvalue weighted by Gasteiger charge is -2.42. The Labute approximate surface area is 180 Å². The molecule has 0 bridgehead atoms. The topological polar surface area (TPSA) is 109 Å². The highest BCUT2D eigenvalue weighted by Crippen LogP contribution is 2.35. The van der Waals surface area contributed by atoms with Crippen LogP contribution in [0.1, 0.15) is 48.9 Å². The van der Waals surface area contributed by atoms with E-state index in [0.29, 0.717) is 92.2 Å². The van der Waals surface area contributed by atoms with Crippen LogP contribution in [0.5, 0.6) is 0 Å². The fourth-order valence-corrected chi connectivity index (χ4v) is 4.73. The highest BCUT2D eigenvalue weighted by Gasteiger charge is 2.37. The number of carbonyl (C=O) groups is 1. The van der Waals surface area contributed by atoms with E-state index < -0.39 is 11.2 Å². The molecule has 7 nitrogen and oxygen atoms in total. The summed E-state index contributed by atoms with van der Waals surface area (Å²) in [7, 11) is 0. The zero-order valence-electron chi connectivity index (χ0n) is 17.0. The number of nitrogens with two attached hydrogens (primary N) is 1. The van der Waals surface area contributed by atoms with Crippen LogP contribution in [0.3, 0.4) is 0 Å². The molecule has 2 aromatic rings. The Morgan fingerprint density at radius 3 is 2.57 bits per heavy atom. The molecule has 4 N–H and O–H groups in total. The van der Waals surface area contributed by atoms with Crippen LogP contribution >= 0.6 is 11.6 Å². The van der Waals surface area contributed by atoms with Crippen LogP contribution in [0.2, 0.25) is 5.02 Å². The molecule has 2 fully saturated rings. The number of halogens is 1. The molecule has 2 aliphatic rings. The third kappa shape index (κ3) is 4.50. The number of fused-ring (bicyclic) bond motifs is 1. The van der Waals surface area contributed by atoms with Crippen molar-refractivity contribution in [2.45, 2.75) is 49.7 Å². The third-order valence-corrected chi connectivity index (χ3v) is 6.89. The van der Waals surface area contributed by atoms with E-state index in [2.05, 4.69) is 4.90 Å². The Hall–Kier alpha value is -1.64. The molecule has 0 saturated carbocycles. The van der Waals surface area contributed by atoms with Crippen LogP contribution in [0, 0.1) is 0 Å². The maximum absolute atomic E-state index is 12.8. The van der Waals surface area contributed by atoms with Crippen molar-refractivity contribution in [3.8, 4) is 0 Å². The zero-order chi connectivity index (χ0) is 21.4. The third-order valence-electron chi connectivity index (χ3n) is 6.57. The molecule has 164 valence electrons. The van der Waals surface area contributed by atoms with E-state index in [9.17, 15) is 15.0 Å². The molecule has 0 unspecified atom stereocenters. The molecular weight excluding hydrogens is 408 g/mol. The van der Waals surface area contributed by atoms with Gasteiger partial charge in [0, 0.05) is 57.5 Å². The van der Waals surface area contributed by atoms with Crippen molar-refractivity contribution in [1.82, 2.24) is 4.90 Å². The number of rotatable bonds is 6. The number of likely N-dealkylation sites (tertiary alicyclic amines) is 1. The molecule has 1 aromatic heterocycles. The molecule has 2 saturated heterocycles. The smallest absolute Gasteiger partial charge is 0.166 e. The number of Topliss-reactive ketones (excluding diaryl/α,β-unsaturated/α-hetero) is 1. The van der Waals surface area contributed by atoms with Gasteiger partial charge in [-0.2, -0.15) is 0 Å². The monoisotopic (exact) mass is 436 g/mol. The Balaban J connectivity index is 1.34. The molecule has 8 heteroatoms. The average Bonchev–Trinajstić information content (AvgIpc) is 3.21. The van der Waals surface area contributed by atoms with Crippen molar-refractivity contribution in [1.29, 1.82) is 0 Å². The van der Waals surface area contributed by atoms with Crippen molar-refractivity contribution in [2.75, 3.05) is 38.6 Å². The van der Waals surface area contributed by atoms with Crippen LogP contribution in [-0.2, 0) is 4.74 Å². The van der Waals surface area contributed by atoms with E-state index in [1.165, 1.54) is 6.26 Å². The van der Waals surface area contributed by atoms with E-state index in [0.717, 1.165) is 0 Å². The van der Waals surface area contributed by atoms with Crippen molar-refractivity contribution in [3.63, 3.8) is 0 Å². The lowest BCUT2D eigenvalue weighted by Crippen LogP contribution is -2.52. The number of hydrogen-bond acceptors (Lipinski definition) is 7. The second-order valence-corrected chi connectivity index (χ2v) is 9.15. The Kier molecular flexibility index (Phi) is 6.10. The van der Waals surface area contributed by atoms with Gasteiger partial charge in [-0.05, 0) is 31.4 Å². The number of ether oxygens (including phenoxy) is 1. The first kappa shape index (κ1) is 21.6. The van der Waals surface area contributed by atoms with E-state index in [-0.39, 0.29) is 12.2 Å². The quantitative estimate of drug-likeness (QED) is 0.471. The van der Waals surface area contributed by atoms with Gasteiger partial charge in [-0.1, -0.05) is 11.6 Å². The number of aliphatic hydroxyl groups is 2. The number of piperidine rings is 1. The van der Waals surface area contributed by atoms with E-state index in [1.807, 2.05) is 0 Å². The first-order chi connectivity index (χ1) is 14.3. The molecule has 0 atom stereocenters. The lowest BCUT2D eigenvalue weighted by atomic mass is 9.84. The first-order valence-electron chi connectivity index (χ1n) is 10.5. The van der Waals surface area contributed by atoms with E-state index >= 15 is 0 Å². The van der Waals surface area contributed by atoms with Gasteiger partial charge in [0.2, 0.25) is 0 Å². The van der Waals surface area contributed by atoms with E-state index in [4.69, 9.17) is 26.5 Å². The fourth-order valence-electron chi connectivity index (χ4n) is 4.52. The highest BCUT2D eigenvalue weighted by atomic mass is 35.5. The number of ketones is 1.